The Labute approximate surface area is 77.4 Å². The molecule has 0 fully saturated rings. The summed E-state index contributed by atoms with van der Waals surface area (Å²) in [4.78, 5) is 0. The van der Waals surface area contributed by atoms with E-state index in [4.69, 9.17) is 0 Å². The van der Waals surface area contributed by atoms with Crippen LogP contribution in [0.25, 0.3) is 0 Å². The van der Waals surface area contributed by atoms with Crippen molar-refractivity contribution in [3.8, 4) is 0 Å². The largest absolute Gasteiger partial charge is 0.0874 e. The molecule has 0 nitrogen and oxygen atoms in total. The van der Waals surface area contributed by atoms with Crippen LogP contribution in [-0.4, -0.2) is 0 Å². The molecule has 0 aromatic rings. The molecule has 0 radical (unpaired) electrons. The van der Waals surface area contributed by atoms with Crippen LogP contribution < -0.4 is 0 Å². The second kappa shape index (κ2) is 7.15. The van der Waals surface area contributed by atoms with E-state index in [0.717, 1.165) is 0 Å². The Kier molecular flexibility index (Phi) is 6.84. The first-order valence-electron chi connectivity index (χ1n) is 5.22. The summed E-state index contributed by atoms with van der Waals surface area (Å²) in [5, 5.41) is 0. The van der Waals surface area contributed by atoms with Gasteiger partial charge in [0, 0.05) is 0 Å². The summed E-state index contributed by atoms with van der Waals surface area (Å²) in [5.74, 6) is 0. The maximum Gasteiger partial charge on any atom is -0.0276 e. The zero-order valence-corrected chi connectivity index (χ0v) is 8.98. The summed E-state index contributed by atoms with van der Waals surface area (Å²) in [6.07, 6.45) is 9.70. The maximum absolute atomic E-state index is 2.27. The molecule has 0 aromatic heterocycles. The van der Waals surface area contributed by atoms with Gasteiger partial charge in [0.15, 0.2) is 0 Å². The molecule has 0 N–H and O–H groups in total. The molecule has 1 rings (SSSR count). The lowest BCUT2D eigenvalue weighted by Crippen LogP contribution is -1.76. The van der Waals surface area contributed by atoms with Gasteiger partial charge in [-0.15, -0.1) is 0 Å². The fraction of sp³-hybridized carbons (Fsp3) is 0.667. The van der Waals surface area contributed by atoms with Gasteiger partial charge in [0.1, 0.15) is 0 Å². The van der Waals surface area contributed by atoms with E-state index in [2.05, 4.69) is 26.0 Å². The van der Waals surface area contributed by atoms with Crippen LogP contribution in [0.4, 0.5) is 0 Å². The molecule has 70 valence electrons. The SMILES string of the molecule is C/C=C\C1=C(CC)CCC1.CC. The molecule has 0 saturated carbocycles. The lowest BCUT2D eigenvalue weighted by Gasteiger charge is -1.96. The molecular formula is C12H22. The molecule has 1 aliphatic carbocycles. The fourth-order valence-corrected chi connectivity index (χ4v) is 1.64. The number of rotatable bonds is 2. The van der Waals surface area contributed by atoms with Gasteiger partial charge in [0.25, 0.3) is 0 Å². The van der Waals surface area contributed by atoms with Gasteiger partial charge in [-0.2, -0.15) is 0 Å². The van der Waals surface area contributed by atoms with Crippen molar-refractivity contribution in [2.24, 2.45) is 0 Å². The average molecular weight is 166 g/mol. The Balaban J connectivity index is 0.000000561. The van der Waals surface area contributed by atoms with Crippen LogP contribution in [0, 0.1) is 0 Å². The van der Waals surface area contributed by atoms with Crippen molar-refractivity contribution < 1.29 is 0 Å². The van der Waals surface area contributed by atoms with E-state index in [1.807, 2.05) is 13.8 Å². The molecule has 12 heavy (non-hydrogen) atoms. The van der Waals surface area contributed by atoms with Gasteiger partial charge in [-0.25, -0.2) is 0 Å². The lowest BCUT2D eigenvalue weighted by molar-refractivity contribution is 0.876. The highest BCUT2D eigenvalue weighted by molar-refractivity contribution is 5.29. The number of allylic oxidation sites excluding steroid dienone is 4. The molecule has 0 aromatic carbocycles. The first kappa shape index (κ1) is 11.5. The van der Waals surface area contributed by atoms with Gasteiger partial charge in [-0.3, -0.25) is 0 Å². The Morgan fingerprint density at radius 2 is 1.92 bits per heavy atom. The van der Waals surface area contributed by atoms with E-state index in [1.54, 1.807) is 11.1 Å². The summed E-state index contributed by atoms with van der Waals surface area (Å²) in [6, 6.07) is 0. The normalized spacial score (nSPS) is 16.7. The smallest absolute Gasteiger partial charge is 0.0276 e. The second-order valence-corrected chi connectivity index (χ2v) is 2.84. The van der Waals surface area contributed by atoms with Crippen molar-refractivity contribution in [2.75, 3.05) is 0 Å². The molecule has 0 amide bonds. The van der Waals surface area contributed by atoms with Crippen molar-refractivity contribution in [2.45, 2.75) is 53.4 Å². The quantitative estimate of drug-likeness (QED) is 0.567. The summed E-state index contributed by atoms with van der Waals surface area (Å²) in [5.41, 5.74) is 3.28. The van der Waals surface area contributed by atoms with Crippen LogP contribution in [0.15, 0.2) is 23.3 Å². The minimum atomic E-state index is 1.25. The molecule has 0 unspecified atom stereocenters. The Bertz CT molecular complexity index is 161. The predicted molar refractivity (Wildman–Crippen MR) is 57.3 cm³/mol. The van der Waals surface area contributed by atoms with E-state index in [-0.39, 0.29) is 0 Å². The van der Waals surface area contributed by atoms with Gasteiger partial charge in [0.05, 0.1) is 0 Å². The summed E-state index contributed by atoms with van der Waals surface area (Å²) < 4.78 is 0. The number of hydrogen-bond donors (Lipinski definition) is 0. The first-order chi connectivity index (χ1) is 5.88. The highest BCUT2D eigenvalue weighted by Gasteiger charge is 2.08. The third-order valence-corrected chi connectivity index (χ3v) is 2.17. The Morgan fingerprint density at radius 3 is 2.42 bits per heavy atom. The molecule has 1 aliphatic rings. The van der Waals surface area contributed by atoms with Crippen molar-refractivity contribution in [3.63, 3.8) is 0 Å². The van der Waals surface area contributed by atoms with Gasteiger partial charge >= 0.3 is 0 Å². The van der Waals surface area contributed by atoms with Crippen LogP contribution >= 0.6 is 0 Å². The van der Waals surface area contributed by atoms with Crippen molar-refractivity contribution >= 4 is 0 Å². The summed E-state index contributed by atoms with van der Waals surface area (Å²) >= 11 is 0. The zero-order chi connectivity index (χ0) is 9.40. The third kappa shape index (κ3) is 3.25. The van der Waals surface area contributed by atoms with Gasteiger partial charge in [0.2, 0.25) is 0 Å². The average Bonchev–Trinajstić information content (AvgIpc) is 2.56. The molecule has 0 heteroatoms. The highest BCUT2D eigenvalue weighted by Crippen LogP contribution is 2.28. The van der Waals surface area contributed by atoms with E-state index in [0.29, 0.717) is 0 Å². The third-order valence-electron chi connectivity index (χ3n) is 2.17. The van der Waals surface area contributed by atoms with E-state index in [9.17, 15) is 0 Å². The van der Waals surface area contributed by atoms with E-state index >= 15 is 0 Å². The fourth-order valence-electron chi connectivity index (χ4n) is 1.64. The minimum Gasteiger partial charge on any atom is -0.0874 e. The van der Waals surface area contributed by atoms with Crippen LogP contribution in [0.3, 0.4) is 0 Å². The van der Waals surface area contributed by atoms with Crippen LogP contribution in [0.5, 0.6) is 0 Å². The predicted octanol–water partition coefficient (Wildman–Crippen LogP) is 4.48. The lowest BCUT2D eigenvalue weighted by atomic mass is 10.1. The molecule has 0 spiro atoms. The van der Waals surface area contributed by atoms with Crippen molar-refractivity contribution in [1.29, 1.82) is 0 Å². The van der Waals surface area contributed by atoms with E-state index < -0.39 is 0 Å². The molecule has 0 bridgehead atoms. The monoisotopic (exact) mass is 166 g/mol. The Morgan fingerprint density at radius 1 is 1.25 bits per heavy atom. The Hall–Kier alpha value is -0.520. The topological polar surface area (TPSA) is 0 Å². The van der Waals surface area contributed by atoms with Gasteiger partial charge in [-0.1, -0.05) is 38.5 Å². The van der Waals surface area contributed by atoms with Crippen molar-refractivity contribution in [3.05, 3.63) is 23.3 Å². The van der Waals surface area contributed by atoms with Crippen LogP contribution in [-0.2, 0) is 0 Å². The zero-order valence-electron chi connectivity index (χ0n) is 8.98. The standard InChI is InChI=1S/C10H16.C2H6/c1-3-6-10-8-5-7-9(10)4-2;1-2/h3,6H,4-5,7-8H2,1-2H3;1-2H3/b6-3-;. The number of hydrogen-bond acceptors (Lipinski definition) is 0. The van der Waals surface area contributed by atoms with Crippen molar-refractivity contribution in [1.82, 2.24) is 0 Å². The molecule has 0 heterocycles. The van der Waals surface area contributed by atoms with Crippen LogP contribution in [0.1, 0.15) is 53.4 Å². The maximum atomic E-state index is 2.27. The summed E-state index contributed by atoms with van der Waals surface area (Å²) in [7, 11) is 0. The first-order valence-corrected chi connectivity index (χ1v) is 5.22. The van der Waals surface area contributed by atoms with Gasteiger partial charge < -0.3 is 0 Å². The molecular weight excluding hydrogens is 144 g/mol. The second-order valence-electron chi connectivity index (χ2n) is 2.84. The molecule has 0 atom stereocenters. The van der Waals surface area contributed by atoms with Crippen LogP contribution in [0.2, 0.25) is 0 Å². The highest BCUT2D eigenvalue weighted by atomic mass is 14.1. The summed E-state index contributed by atoms with van der Waals surface area (Å²) in [6.45, 7) is 8.35. The van der Waals surface area contributed by atoms with E-state index in [1.165, 1.54) is 25.7 Å². The molecule has 0 saturated heterocycles. The minimum absolute atomic E-state index is 1.25. The van der Waals surface area contributed by atoms with Gasteiger partial charge in [-0.05, 0) is 38.2 Å². The molecule has 0 aliphatic heterocycles.